The molecule has 5 nitrogen and oxygen atoms in total. The first-order valence-electron chi connectivity index (χ1n) is 11.4. The van der Waals surface area contributed by atoms with Crippen LogP contribution < -0.4 is 9.47 Å². The maximum atomic E-state index is 9.48. The predicted molar refractivity (Wildman–Crippen MR) is 133 cm³/mol. The number of hydrogen-bond acceptors (Lipinski definition) is 6. The second-order valence-corrected chi connectivity index (χ2v) is 9.60. The van der Waals surface area contributed by atoms with Crippen LogP contribution in [0.1, 0.15) is 30.6 Å². The lowest BCUT2D eigenvalue weighted by molar-refractivity contribution is 0.172. The second kappa shape index (κ2) is 11.3. The summed E-state index contributed by atoms with van der Waals surface area (Å²) < 4.78 is 11.4. The molecule has 0 aliphatic carbocycles. The molecule has 0 saturated carbocycles. The van der Waals surface area contributed by atoms with Gasteiger partial charge < -0.3 is 19.7 Å². The van der Waals surface area contributed by atoms with Crippen LogP contribution in [0.5, 0.6) is 23.0 Å². The first kappa shape index (κ1) is 23.3. The van der Waals surface area contributed by atoms with Crippen molar-refractivity contribution in [2.75, 3.05) is 26.3 Å². The van der Waals surface area contributed by atoms with E-state index in [2.05, 4.69) is 11.8 Å². The highest BCUT2D eigenvalue weighted by Gasteiger charge is 2.22. The Kier molecular flexibility index (Phi) is 8.02. The van der Waals surface area contributed by atoms with Crippen molar-refractivity contribution in [2.45, 2.75) is 36.0 Å². The molecule has 3 aromatic carbocycles. The molecular formula is C27H31NO4S. The van der Waals surface area contributed by atoms with Gasteiger partial charge in [-0.15, -0.1) is 11.8 Å². The molecule has 3 aromatic rings. The Bertz CT molecular complexity index is 1010. The molecule has 174 valence electrons. The van der Waals surface area contributed by atoms with Crippen molar-refractivity contribution in [2.24, 2.45) is 0 Å². The number of phenols is 2. The van der Waals surface area contributed by atoms with Crippen LogP contribution in [0.3, 0.4) is 0 Å². The largest absolute Gasteiger partial charge is 0.508 e. The SMILES string of the molecule is CC(COc1ccccc1)N1CCCC1.Oc1ccc([C@@H]2COc3ccc(O)cc3S2)cc1. The number of hydrogen-bond donors (Lipinski definition) is 2. The number of rotatable bonds is 5. The van der Waals surface area contributed by atoms with Crippen LogP contribution in [0.4, 0.5) is 0 Å². The minimum Gasteiger partial charge on any atom is -0.508 e. The minimum atomic E-state index is 0.180. The number of nitrogens with zero attached hydrogens (tertiary/aromatic N) is 1. The molecule has 2 atom stereocenters. The Morgan fingerprint density at radius 3 is 2.39 bits per heavy atom. The number of para-hydroxylation sites is 1. The van der Waals surface area contributed by atoms with E-state index < -0.39 is 0 Å². The summed E-state index contributed by atoms with van der Waals surface area (Å²) >= 11 is 1.66. The maximum Gasteiger partial charge on any atom is 0.133 e. The van der Waals surface area contributed by atoms with E-state index in [-0.39, 0.29) is 16.7 Å². The van der Waals surface area contributed by atoms with Crippen LogP contribution in [-0.4, -0.2) is 47.5 Å². The number of likely N-dealkylation sites (tertiary alicyclic amines) is 1. The van der Waals surface area contributed by atoms with E-state index in [1.54, 1.807) is 42.1 Å². The number of benzene rings is 3. The maximum absolute atomic E-state index is 9.48. The van der Waals surface area contributed by atoms with E-state index in [1.165, 1.54) is 25.9 Å². The monoisotopic (exact) mass is 465 g/mol. The van der Waals surface area contributed by atoms with Crippen LogP contribution in [0.25, 0.3) is 0 Å². The highest BCUT2D eigenvalue weighted by atomic mass is 32.2. The molecule has 0 spiro atoms. The lowest BCUT2D eigenvalue weighted by Gasteiger charge is -2.25. The number of thioether (sulfide) groups is 1. The van der Waals surface area contributed by atoms with Gasteiger partial charge in [0.2, 0.25) is 0 Å². The lowest BCUT2D eigenvalue weighted by Crippen LogP contribution is -2.34. The summed E-state index contributed by atoms with van der Waals surface area (Å²) in [7, 11) is 0. The zero-order valence-corrected chi connectivity index (χ0v) is 19.7. The second-order valence-electron chi connectivity index (χ2n) is 8.36. The summed E-state index contributed by atoms with van der Waals surface area (Å²) in [6.07, 6.45) is 2.69. The molecule has 2 N–H and O–H groups in total. The summed E-state index contributed by atoms with van der Waals surface area (Å²) in [5.74, 6) is 2.30. The van der Waals surface area contributed by atoms with E-state index in [1.807, 2.05) is 42.5 Å². The van der Waals surface area contributed by atoms with Crippen LogP contribution in [0.15, 0.2) is 77.7 Å². The highest BCUT2D eigenvalue weighted by Crippen LogP contribution is 2.45. The molecule has 6 heteroatoms. The van der Waals surface area contributed by atoms with E-state index >= 15 is 0 Å². The molecule has 5 rings (SSSR count). The van der Waals surface area contributed by atoms with Crippen molar-refractivity contribution in [3.05, 3.63) is 78.4 Å². The van der Waals surface area contributed by atoms with Gasteiger partial charge in [-0.25, -0.2) is 0 Å². The van der Waals surface area contributed by atoms with Crippen LogP contribution in [-0.2, 0) is 0 Å². The normalized spacial score (nSPS) is 18.4. The van der Waals surface area contributed by atoms with Gasteiger partial charge in [-0.05, 0) is 80.9 Å². The molecule has 0 aromatic heterocycles. The van der Waals surface area contributed by atoms with Gasteiger partial charge in [0.15, 0.2) is 0 Å². The van der Waals surface area contributed by atoms with Crippen molar-refractivity contribution >= 4 is 11.8 Å². The Balaban J connectivity index is 0.000000160. The van der Waals surface area contributed by atoms with Crippen LogP contribution in [0.2, 0.25) is 0 Å². The average molecular weight is 466 g/mol. The van der Waals surface area contributed by atoms with E-state index in [0.717, 1.165) is 28.6 Å². The number of ether oxygens (including phenoxy) is 2. The lowest BCUT2D eigenvalue weighted by atomic mass is 10.1. The zero-order valence-electron chi connectivity index (χ0n) is 18.9. The first-order chi connectivity index (χ1) is 16.1. The molecular weight excluding hydrogens is 434 g/mol. The Labute approximate surface area is 200 Å². The molecule has 1 fully saturated rings. The van der Waals surface area contributed by atoms with E-state index in [4.69, 9.17) is 9.47 Å². The highest BCUT2D eigenvalue weighted by molar-refractivity contribution is 7.99. The molecule has 0 radical (unpaired) electrons. The smallest absolute Gasteiger partial charge is 0.133 e. The third-order valence-corrected chi connectivity index (χ3v) is 7.12. The Hall–Kier alpha value is -2.83. The number of aromatic hydroxyl groups is 2. The van der Waals surface area contributed by atoms with Gasteiger partial charge in [-0.1, -0.05) is 30.3 Å². The molecule has 1 unspecified atom stereocenters. The topological polar surface area (TPSA) is 62.2 Å². The molecule has 2 heterocycles. The molecule has 2 aliphatic heterocycles. The van der Waals surface area contributed by atoms with Crippen molar-refractivity contribution in [3.8, 4) is 23.0 Å². The zero-order chi connectivity index (χ0) is 23.0. The summed E-state index contributed by atoms with van der Waals surface area (Å²) in [6, 6.07) is 22.8. The summed E-state index contributed by atoms with van der Waals surface area (Å²) in [5, 5.41) is 18.9. The van der Waals surface area contributed by atoms with Gasteiger partial charge in [0, 0.05) is 6.04 Å². The fourth-order valence-electron chi connectivity index (χ4n) is 3.94. The molecule has 33 heavy (non-hydrogen) atoms. The predicted octanol–water partition coefficient (Wildman–Crippen LogP) is 5.87. The van der Waals surface area contributed by atoms with Gasteiger partial charge in [-0.2, -0.15) is 0 Å². The molecule has 0 bridgehead atoms. The minimum absolute atomic E-state index is 0.180. The van der Waals surface area contributed by atoms with E-state index in [0.29, 0.717) is 12.6 Å². The average Bonchev–Trinajstić information content (AvgIpc) is 3.39. The van der Waals surface area contributed by atoms with Gasteiger partial charge in [0.25, 0.3) is 0 Å². The third-order valence-electron chi connectivity index (χ3n) is 5.85. The fraction of sp³-hybridized carbons (Fsp3) is 0.333. The summed E-state index contributed by atoms with van der Waals surface area (Å²) in [6.45, 7) is 6.10. The fourth-order valence-corrected chi connectivity index (χ4v) is 5.10. The van der Waals surface area contributed by atoms with E-state index in [9.17, 15) is 10.2 Å². The van der Waals surface area contributed by atoms with Gasteiger partial charge in [-0.3, -0.25) is 4.90 Å². The van der Waals surface area contributed by atoms with Crippen molar-refractivity contribution in [1.82, 2.24) is 4.90 Å². The number of phenolic OH excluding ortho intramolecular Hbond substituents is 2. The van der Waals surface area contributed by atoms with Crippen molar-refractivity contribution in [3.63, 3.8) is 0 Å². The standard InChI is InChI=1S/C14H12O3S.C13H19NO/c15-10-3-1-9(2-4-10)14-8-17-12-6-5-11(16)7-13(12)18-14;1-12(14-9-5-6-10-14)11-15-13-7-3-2-4-8-13/h1-7,14-16H,8H2;2-4,7-8,12H,5-6,9-11H2,1H3/t14-;/m0./s1. The van der Waals surface area contributed by atoms with Gasteiger partial charge >= 0.3 is 0 Å². The van der Waals surface area contributed by atoms with Crippen LogP contribution in [0, 0.1) is 0 Å². The quantitative estimate of drug-likeness (QED) is 0.491. The Morgan fingerprint density at radius 2 is 1.67 bits per heavy atom. The third kappa shape index (κ3) is 6.59. The molecule has 2 aliphatic rings. The number of fused-ring (bicyclic) bond motifs is 1. The Morgan fingerprint density at radius 1 is 0.970 bits per heavy atom. The van der Waals surface area contributed by atoms with Crippen molar-refractivity contribution in [1.29, 1.82) is 0 Å². The van der Waals surface area contributed by atoms with Crippen molar-refractivity contribution < 1.29 is 19.7 Å². The van der Waals surface area contributed by atoms with Crippen LogP contribution >= 0.6 is 11.8 Å². The summed E-state index contributed by atoms with van der Waals surface area (Å²) in [4.78, 5) is 3.45. The first-order valence-corrected chi connectivity index (χ1v) is 12.3. The van der Waals surface area contributed by atoms with Gasteiger partial charge in [0.1, 0.15) is 36.2 Å². The molecule has 0 amide bonds. The van der Waals surface area contributed by atoms with Gasteiger partial charge in [0.05, 0.1) is 10.1 Å². The molecule has 1 saturated heterocycles. The summed E-state index contributed by atoms with van der Waals surface area (Å²) in [5.41, 5.74) is 1.10.